The lowest BCUT2D eigenvalue weighted by atomic mass is 10.1. The predicted octanol–water partition coefficient (Wildman–Crippen LogP) is 3.73. The number of aromatic nitrogens is 3. The Hall–Kier alpha value is -3.00. The molecule has 2 heterocycles. The molecule has 1 aromatic heterocycles. The van der Waals surface area contributed by atoms with E-state index < -0.39 is 4.92 Å². The molecule has 0 spiro atoms. The summed E-state index contributed by atoms with van der Waals surface area (Å²) >= 11 is 1.50. The van der Waals surface area contributed by atoms with Crippen molar-refractivity contribution in [2.45, 2.75) is 16.8 Å². The molecule has 0 fully saturated rings. The molecule has 0 radical (unpaired) electrons. The molecule has 8 heteroatoms. The van der Waals surface area contributed by atoms with Crippen molar-refractivity contribution >= 4 is 23.4 Å². The molecule has 2 aromatic carbocycles. The van der Waals surface area contributed by atoms with Crippen LogP contribution in [0.5, 0.6) is 0 Å². The molecule has 3 aromatic rings. The largest absolute Gasteiger partial charge is 0.272 e. The van der Waals surface area contributed by atoms with Crippen molar-refractivity contribution in [3.8, 4) is 11.4 Å². The number of fused-ring (bicyclic) bond motifs is 1. The third-order valence-corrected chi connectivity index (χ3v) is 5.13. The van der Waals surface area contributed by atoms with Crippen molar-refractivity contribution in [3.05, 3.63) is 70.3 Å². The van der Waals surface area contributed by atoms with E-state index >= 15 is 0 Å². The van der Waals surface area contributed by atoms with Crippen LogP contribution in [0.15, 0.2) is 59.8 Å². The van der Waals surface area contributed by atoms with Crippen LogP contribution in [-0.2, 0) is 0 Å². The van der Waals surface area contributed by atoms with Crippen LogP contribution in [0, 0.1) is 10.1 Å². The third-order valence-electron chi connectivity index (χ3n) is 3.93. The van der Waals surface area contributed by atoms with Crippen molar-refractivity contribution in [2.24, 2.45) is 0 Å². The molecule has 4 rings (SSSR count). The fourth-order valence-electron chi connectivity index (χ4n) is 2.66. The number of benzene rings is 2. The molecule has 0 saturated carbocycles. The Balaban J connectivity index is 1.65. The second-order valence-electron chi connectivity index (χ2n) is 5.55. The van der Waals surface area contributed by atoms with Crippen LogP contribution in [-0.4, -0.2) is 25.6 Å². The van der Waals surface area contributed by atoms with Crippen LogP contribution in [0.3, 0.4) is 0 Å². The van der Waals surface area contributed by atoms with Gasteiger partial charge in [0.2, 0.25) is 0 Å². The molecular formula is C17H12N4O3S. The van der Waals surface area contributed by atoms with E-state index in [9.17, 15) is 14.9 Å². The number of carbonyl (C=O) groups excluding carboxylic acids is 1. The van der Waals surface area contributed by atoms with E-state index in [2.05, 4.69) is 10.1 Å². The summed E-state index contributed by atoms with van der Waals surface area (Å²) in [5.74, 6) is 0.280. The lowest BCUT2D eigenvalue weighted by Gasteiger charge is -2.20. The van der Waals surface area contributed by atoms with Crippen LogP contribution in [0.2, 0.25) is 0 Å². The number of hydrogen-bond donors (Lipinski definition) is 0. The number of rotatable bonds is 3. The Morgan fingerprint density at radius 3 is 2.52 bits per heavy atom. The van der Waals surface area contributed by atoms with Crippen molar-refractivity contribution in [3.63, 3.8) is 0 Å². The van der Waals surface area contributed by atoms with Crippen LogP contribution in [0.25, 0.3) is 11.4 Å². The summed E-state index contributed by atoms with van der Waals surface area (Å²) in [5, 5.41) is 15.6. The molecule has 7 nitrogen and oxygen atoms in total. The van der Waals surface area contributed by atoms with E-state index in [4.69, 9.17) is 0 Å². The summed E-state index contributed by atoms with van der Waals surface area (Å²) in [6, 6.07) is 15.8. The van der Waals surface area contributed by atoms with Crippen molar-refractivity contribution in [2.75, 3.05) is 0 Å². The maximum absolute atomic E-state index is 12.4. The SMILES string of the molecule is O=C1CC(c2ccccc2)Sc2nc(-c3ccc([N+](=O)[O-])cc3)nn21. The first-order valence-electron chi connectivity index (χ1n) is 7.58. The molecule has 25 heavy (non-hydrogen) atoms. The molecule has 0 aliphatic carbocycles. The van der Waals surface area contributed by atoms with E-state index in [1.165, 1.54) is 28.6 Å². The highest BCUT2D eigenvalue weighted by Crippen LogP contribution is 2.41. The minimum absolute atomic E-state index is 0.00214. The second kappa shape index (κ2) is 6.14. The van der Waals surface area contributed by atoms with Gasteiger partial charge in [0.05, 0.1) is 4.92 Å². The fraction of sp³-hybridized carbons (Fsp3) is 0.118. The normalized spacial score (nSPS) is 16.5. The summed E-state index contributed by atoms with van der Waals surface area (Å²) in [5.41, 5.74) is 1.71. The second-order valence-corrected chi connectivity index (χ2v) is 6.72. The maximum atomic E-state index is 12.4. The van der Waals surface area contributed by atoms with Gasteiger partial charge in [0.25, 0.3) is 11.6 Å². The van der Waals surface area contributed by atoms with E-state index in [-0.39, 0.29) is 16.8 Å². The lowest BCUT2D eigenvalue weighted by molar-refractivity contribution is -0.384. The van der Waals surface area contributed by atoms with Gasteiger partial charge in [-0.15, -0.1) is 5.10 Å². The Bertz CT molecular complexity index is 954. The van der Waals surface area contributed by atoms with Crippen LogP contribution >= 0.6 is 11.8 Å². The number of carbonyl (C=O) groups is 1. The molecule has 0 amide bonds. The molecule has 1 unspecified atom stereocenters. The van der Waals surface area contributed by atoms with Gasteiger partial charge < -0.3 is 0 Å². The van der Waals surface area contributed by atoms with Gasteiger partial charge >= 0.3 is 0 Å². The zero-order valence-electron chi connectivity index (χ0n) is 12.9. The Kier molecular flexibility index (Phi) is 3.81. The quantitative estimate of drug-likeness (QED) is 0.527. The standard InChI is InChI=1S/C17H12N4O3S/c22-15-10-14(11-4-2-1-3-5-11)25-17-18-16(19-20(15)17)12-6-8-13(9-7-12)21(23)24/h1-9,14H,10H2. The number of hydrogen-bond acceptors (Lipinski definition) is 6. The van der Waals surface area contributed by atoms with Gasteiger partial charge in [0, 0.05) is 29.4 Å². The number of non-ortho nitro benzene ring substituents is 1. The van der Waals surface area contributed by atoms with Crippen LogP contribution in [0.4, 0.5) is 5.69 Å². The fourth-order valence-corrected chi connectivity index (χ4v) is 3.81. The monoisotopic (exact) mass is 352 g/mol. The summed E-state index contributed by atoms with van der Waals surface area (Å²) in [6.07, 6.45) is 0.352. The topological polar surface area (TPSA) is 90.9 Å². The molecule has 0 N–H and O–H groups in total. The van der Waals surface area contributed by atoms with Crippen LogP contribution < -0.4 is 0 Å². The Labute approximate surface area is 146 Å². The molecule has 1 aliphatic rings. The van der Waals surface area contributed by atoms with Gasteiger partial charge in [0.1, 0.15) is 0 Å². The van der Waals surface area contributed by atoms with E-state index in [1.54, 1.807) is 12.1 Å². The van der Waals surface area contributed by atoms with Crippen molar-refractivity contribution in [1.29, 1.82) is 0 Å². The van der Waals surface area contributed by atoms with Gasteiger partial charge in [-0.3, -0.25) is 14.9 Å². The number of nitro benzene ring substituents is 1. The summed E-state index contributed by atoms with van der Waals surface area (Å²) in [7, 11) is 0. The zero-order valence-corrected chi connectivity index (χ0v) is 13.7. The highest BCUT2D eigenvalue weighted by molar-refractivity contribution is 7.99. The molecule has 1 atom stereocenters. The van der Waals surface area contributed by atoms with Gasteiger partial charge in [-0.05, 0) is 17.7 Å². The summed E-state index contributed by atoms with van der Waals surface area (Å²) in [4.78, 5) is 27.1. The number of nitro groups is 1. The zero-order chi connectivity index (χ0) is 17.4. The predicted molar refractivity (Wildman–Crippen MR) is 92.4 cm³/mol. The first kappa shape index (κ1) is 15.5. The van der Waals surface area contributed by atoms with E-state index in [0.29, 0.717) is 23.0 Å². The first-order valence-corrected chi connectivity index (χ1v) is 8.46. The Morgan fingerprint density at radius 2 is 1.84 bits per heavy atom. The van der Waals surface area contributed by atoms with E-state index in [1.807, 2.05) is 30.3 Å². The third kappa shape index (κ3) is 2.91. The van der Waals surface area contributed by atoms with Gasteiger partial charge in [-0.2, -0.15) is 4.68 Å². The highest BCUT2D eigenvalue weighted by atomic mass is 32.2. The van der Waals surface area contributed by atoms with Crippen molar-refractivity contribution < 1.29 is 9.72 Å². The molecule has 0 bridgehead atoms. The Morgan fingerprint density at radius 1 is 1.12 bits per heavy atom. The highest BCUT2D eigenvalue weighted by Gasteiger charge is 2.30. The average molecular weight is 352 g/mol. The summed E-state index contributed by atoms with van der Waals surface area (Å²) in [6.45, 7) is 0. The van der Waals surface area contributed by atoms with Crippen LogP contribution in [0.1, 0.15) is 22.0 Å². The molecule has 0 saturated heterocycles. The molecular weight excluding hydrogens is 340 g/mol. The molecule has 124 valence electrons. The van der Waals surface area contributed by atoms with E-state index in [0.717, 1.165) is 5.56 Å². The van der Waals surface area contributed by atoms with Crippen molar-refractivity contribution in [1.82, 2.24) is 14.8 Å². The minimum Gasteiger partial charge on any atom is -0.272 e. The van der Waals surface area contributed by atoms with Gasteiger partial charge in [0.15, 0.2) is 11.0 Å². The lowest BCUT2D eigenvalue weighted by Crippen LogP contribution is -2.20. The maximum Gasteiger partial charge on any atom is 0.269 e. The smallest absolute Gasteiger partial charge is 0.269 e. The summed E-state index contributed by atoms with van der Waals surface area (Å²) < 4.78 is 1.32. The first-order chi connectivity index (χ1) is 12.1. The number of nitrogens with zero attached hydrogens (tertiary/aromatic N) is 4. The van der Waals surface area contributed by atoms with Gasteiger partial charge in [-0.25, -0.2) is 4.98 Å². The minimum atomic E-state index is -0.459. The number of thioether (sulfide) groups is 1. The van der Waals surface area contributed by atoms with Gasteiger partial charge in [-0.1, -0.05) is 42.1 Å². The molecule has 1 aliphatic heterocycles. The average Bonchev–Trinajstić information content (AvgIpc) is 3.07.